The van der Waals surface area contributed by atoms with E-state index in [1.807, 2.05) is 49.1 Å². The second-order valence-electron chi connectivity index (χ2n) is 5.69. The van der Waals surface area contributed by atoms with Gasteiger partial charge in [-0.25, -0.2) is 0 Å². The van der Waals surface area contributed by atoms with Crippen molar-refractivity contribution in [3.8, 4) is 34.0 Å². The molecule has 0 N–H and O–H groups in total. The molecule has 3 aromatic rings. The summed E-state index contributed by atoms with van der Waals surface area (Å²) in [6, 6.07) is 13.4. The van der Waals surface area contributed by atoms with Crippen molar-refractivity contribution in [2.24, 2.45) is 14.1 Å². The van der Waals surface area contributed by atoms with Gasteiger partial charge in [0, 0.05) is 22.7 Å². The molecule has 0 saturated carbocycles. The van der Waals surface area contributed by atoms with Gasteiger partial charge >= 0.3 is 0 Å². The Morgan fingerprint density at radius 1 is 0.920 bits per heavy atom. The van der Waals surface area contributed by atoms with E-state index < -0.39 is 0 Å². The molecular weight excluding hydrogens is 359 g/mol. The Balaban J connectivity index is 2.17. The number of aromatic nitrogens is 2. The van der Waals surface area contributed by atoms with Crippen molar-refractivity contribution in [3.63, 3.8) is 0 Å². The van der Waals surface area contributed by atoms with Crippen molar-refractivity contribution in [2.45, 2.75) is 0 Å². The minimum absolute atomic E-state index is 0.614. The highest BCUT2D eigenvalue weighted by Crippen LogP contribution is 2.34. The first kappa shape index (κ1) is 17.6. The predicted molar refractivity (Wildman–Crippen MR) is 101 cm³/mol. The van der Waals surface area contributed by atoms with Crippen LogP contribution in [0.25, 0.3) is 22.5 Å². The highest BCUT2D eigenvalue weighted by molar-refractivity contribution is 6.36. The van der Waals surface area contributed by atoms with Crippen molar-refractivity contribution in [2.75, 3.05) is 14.2 Å². The number of ether oxygens (including phenoxy) is 2. The molecule has 0 amide bonds. The lowest BCUT2D eigenvalue weighted by atomic mass is 10.1. The molecule has 0 aliphatic rings. The third kappa shape index (κ3) is 3.32. The van der Waals surface area contributed by atoms with Gasteiger partial charge in [-0.3, -0.25) is 0 Å². The van der Waals surface area contributed by atoms with Crippen molar-refractivity contribution >= 4 is 23.2 Å². The average Bonchev–Trinajstić information content (AvgIpc) is 2.90. The molecule has 2 aromatic carbocycles. The summed E-state index contributed by atoms with van der Waals surface area (Å²) in [5.74, 6) is 1.48. The van der Waals surface area contributed by atoms with Crippen molar-refractivity contribution < 1.29 is 14.2 Å². The fourth-order valence-electron chi connectivity index (χ4n) is 2.81. The van der Waals surface area contributed by atoms with Crippen LogP contribution in [0, 0.1) is 0 Å². The van der Waals surface area contributed by atoms with Gasteiger partial charge in [0.2, 0.25) is 5.69 Å². The van der Waals surface area contributed by atoms with Gasteiger partial charge in [0.25, 0.3) is 0 Å². The molecule has 0 fully saturated rings. The van der Waals surface area contributed by atoms with Crippen LogP contribution in [0.4, 0.5) is 0 Å². The maximum Gasteiger partial charge on any atom is 0.239 e. The second kappa shape index (κ2) is 6.98. The number of hydrogen-bond acceptors (Lipinski definition) is 2. The third-order valence-electron chi connectivity index (χ3n) is 4.28. The molecule has 0 aliphatic heterocycles. The molecule has 0 radical (unpaired) electrons. The SMILES string of the molecule is COc1cc(OC)cc(-c2cc(-c3ccc(Cl)cc3Cl)n(C)[n+]2C)c1. The van der Waals surface area contributed by atoms with Crippen molar-refractivity contribution in [1.29, 1.82) is 0 Å². The fourth-order valence-corrected chi connectivity index (χ4v) is 3.32. The Labute approximate surface area is 157 Å². The maximum atomic E-state index is 6.39. The monoisotopic (exact) mass is 377 g/mol. The lowest BCUT2D eigenvalue weighted by Gasteiger charge is -2.06. The van der Waals surface area contributed by atoms with Crippen LogP contribution in [0.1, 0.15) is 0 Å². The summed E-state index contributed by atoms with van der Waals surface area (Å²) in [5, 5.41) is 1.23. The first-order valence-corrected chi connectivity index (χ1v) is 8.45. The molecule has 0 atom stereocenters. The normalized spacial score (nSPS) is 10.8. The van der Waals surface area contributed by atoms with Gasteiger partial charge in [-0.05, 0) is 30.3 Å². The van der Waals surface area contributed by atoms with E-state index in [-0.39, 0.29) is 0 Å². The zero-order chi connectivity index (χ0) is 18.1. The Hall–Kier alpha value is -2.17. The van der Waals surface area contributed by atoms with Gasteiger partial charge < -0.3 is 9.47 Å². The molecule has 0 bridgehead atoms. The summed E-state index contributed by atoms with van der Waals surface area (Å²) in [7, 11) is 7.26. The van der Waals surface area contributed by atoms with Gasteiger partial charge in [0.15, 0.2) is 7.05 Å². The molecular formula is C19H19Cl2N2O2+. The van der Waals surface area contributed by atoms with Crippen LogP contribution < -0.4 is 14.2 Å². The first-order chi connectivity index (χ1) is 11.9. The molecule has 25 heavy (non-hydrogen) atoms. The minimum Gasteiger partial charge on any atom is -0.497 e. The molecule has 0 saturated heterocycles. The summed E-state index contributed by atoms with van der Waals surface area (Å²) in [6.07, 6.45) is 0. The van der Waals surface area contributed by atoms with Crippen LogP contribution in [-0.2, 0) is 14.1 Å². The van der Waals surface area contributed by atoms with Gasteiger partial charge in [0.05, 0.1) is 31.9 Å². The maximum absolute atomic E-state index is 6.39. The third-order valence-corrected chi connectivity index (χ3v) is 4.82. The van der Waals surface area contributed by atoms with E-state index in [4.69, 9.17) is 32.7 Å². The summed E-state index contributed by atoms with van der Waals surface area (Å²) < 4.78 is 14.8. The van der Waals surface area contributed by atoms with Gasteiger partial charge in [-0.2, -0.15) is 4.68 Å². The number of benzene rings is 2. The zero-order valence-electron chi connectivity index (χ0n) is 14.5. The molecule has 0 spiro atoms. The van der Waals surface area contributed by atoms with Crippen LogP contribution in [0.15, 0.2) is 42.5 Å². The Bertz CT molecular complexity index is 913. The highest BCUT2D eigenvalue weighted by Gasteiger charge is 2.22. The largest absolute Gasteiger partial charge is 0.497 e. The zero-order valence-corrected chi connectivity index (χ0v) is 16.0. The summed E-state index contributed by atoms with van der Waals surface area (Å²) in [5.41, 5.74) is 3.91. The smallest absolute Gasteiger partial charge is 0.239 e. The molecule has 0 unspecified atom stereocenters. The number of halogens is 2. The summed E-state index contributed by atoms with van der Waals surface area (Å²) in [6.45, 7) is 0. The average molecular weight is 378 g/mol. The minimum atomic E-state index is 0.614. The Kier molecular flexibility index (Phi) is 4.93. The molecule has 1 heterocycles. The van der Waals surface area contributed by atoms with Crippen molar-refractivity contribution in [3.05, 3.63) is 52.5 Å². The van der Waals surface area contributed by atoms with E-state index in [2.05, 4.69) is 10.7 Å². The van der Waals surface area contributed by atoms with E-state index in [1.165, 1.54) is 0 Å². The Morgan fingerprint density at radius 3 is 2.12 bits per heavy atom. The summed E-state index contributed by atoms with van der Waals surface area (Å²) in [4.78, 5) is 0. The quantitative estimate of drug-likeness (QED) is 0.625. The van der Waals surface area contributed by atoms with Crippen LogP contribution in [0.2, 0.25) is 10.0 Å². The number of hydrogen-bond donors (Lipinski definition) is 0. The van der Waals surface area contributed by atoms with Crippen LogP contribution >= 0.6 is 23.2 Å². The van der Waals surface area contributed by atoms with Crippen LogP contribution in [-0.4, -0.2) is 18.9 Å². The topological polar surface area (TPSA) is 27.3 Å². The predicted octanol–water partition coefficient (Wildman–Crippen LogP) is 4.51. The lowest BCUT2D eigenvalue weighted by Crippen LogP contribution is -2.39. The first-order valence-electron chi connectivity index (χ1n) is 7.69. The highest BCUT2D eigenvalue weighted by atomic mass is 35.5. The summed E-state index contributed by atoms with van der Waals surface area (Å²) >= 11 is 12.4. The number of methoxy groups -OCH3 is 2. The van der Waals surface area contributed by atoms with Crippen LogP contribution in [0.3, 0.4) is 0 Å². The number of nitrogens with zero attached hydrogens (tertiary/aromatic N) is 2. The Morgan fingerprint density at radius 2 is 1.56 bits per heavy atom. The van der Waals surface area contributed by atoms with E-state index in [0.717, 1.165) is 34.0 Å². The van der Waals surface area contributed by atoms with E-state index in [9.17, 15) is 0 Å². The van der Waals surface area contributed by atoms with E-state index in [0.29, 0.717) is 10.0 Å². The molecule has 6 heteroatoms. The van der Waals surface area contributed by atoms with Gasteiger partial charge in [0.1, 0.15) is 17.2 Å². The van der Waals surface area contributed by atoms with E-state index in [1.54, 1.807) is 20.3 Å². The van der Waals surface area contributed by atoms with Gasteiger partial charge in [-0.1, -0.05) is 23.2 Å². The molecule has 1 aromatic heterocycles. The van der Waals surface area contributed by atoms with Crippen molar-refractivity contribution in [1.82, 2.24) is 4.68 Å². The van der Waals surface area contributed by atoms with Crippen LogP contribution in [0.5, 0.6) is 11.5 Å². The fraction of sp³-hybridized carbons (Fsp3) is 0.211. The number of rotatable bonds is 4. The molecule has 0 aliphatic carbocycles. The second-order valence-corrected chi connectivity index (χ2v) is 6.53. The van der Waals surface area contributed by atoms with E-state index >= 15 is 0 Å². The molecule has 4 nitrogen and oxygen atoms in total. The molecule has 3 rings (SSSR count). The molecule has 130 valence electrons. The lowest BCUT2D eigenvalue weighted by molar-refractivity contribution is -0.740. The standard InChI is InChI=1S/C19H19Cl2N2O2/c1-22-18(12-7-14(24-3)10-15(8-12)25-4)11-19(23(22)2)16-6-5-13(20)9-17(16)21/h5-11H,1-4H3/q+1. The van der Waals surface area contributed by atoms with Gasteiger partial charge in [-0.15, -0.1) is 4.68 Å².